The topological polar surface area (TPSA) is 58.9 Å². The molecule has 2 rings (SSSR count). The minimum atomic E-state index is -0.0672. The van der Waals surface area contributed by atoms with E-state index in [0.29, 0.717) is 0 Å². The molecule has 1 fully saturated rings. The molecule has 0 saturated heterocycles. The average Bonchev–Trinajstić information content (AvgIpc) is 2.89. The predicted molar refractivity (Wildman–Crippen MR) is 51.3 cm³/mol. The highest BCUT2D eigenvalue weighted by Crippen LogP contribution is 2.36. The number of nitrogens with two attached hydrogens (primary N) is 1. The molecule has 0 amide bonds. The molecule has 3 N–H and O–H groups in total. The third kappa shape index (κ3) is 2.18. The second kappa shape index (κ2) is 3.34. The lowest BCUT2D eigenvalue weighted by molar-refractivity contribution is 0.595. The number of aromatic amines is 1. The number of rotatable bonds is 3. The highest BCUT2D eigenvalue weighted by molar-refractivity contribution is 5.13. The zero-order valence-corrected chi connectivity index (χ0v) is 7.49. The Labute approximate surface area is 77.0 Å². The van der Waals surface area contributed by atoms with Crippen molar-refractivity contribution in [3.8, 4) is 0 Å². The van der Waals surface area contributed by atoms with Crippen molar-refractivity contribution in [1.82, 2.24) is 4.98 Å². The fourth-order valence-corrected chi connectivity index (χ4v) is 1.50. The van der Waals surface area contributed by atoms with Gasteiger partial charge in [0.25, 0.3) is 0 Å². The first-order valence-corrected chi connectivity index (χ1v) is 4.70. The van der Waals surface area contributed by atoms with Crippen molar-refractivity contribution in [3.05, 3.63) is 34.2 Å². The van der Waals surface area contributed by atoms with Gasteiger partial charge in [-0.1, -0.05) is 18.9 Å². The summed E-state index contributed by atoms with van der Waals surface area (Å²) in [4.78, 5) is 13.4. The number of hydrogen-bond donors (Lipinski definition) is 2. The molecular formula is C10H14N2O. The third-order valence-corrected chi connectivity index (χ3v) is 2.52. The zero-order valence-electron chi connectivity index (χ0n) is 7.49. The second-order valence-electron chi connectivity index (χ2n) is 3.77. The number of hydrogen-bond acceptors (Lipinski definition) is 2. The van der Waals surface area contributed by atoms with Crippen LogP contribution in [-0.2, 0) is 0 Å². The van der Waals surface area contributed by atoms with Gasteiger partial charge in [0, 0.05) is 18.3 Å². The van der Waals surface area contributed by atoms with Gasteiger partial charge in [-0.25, -0.2) is 0 Å². The molecular weight excluding hydrogens is 164 g/mol. The molecule has 3 nitrogen and oxygen atoms in total. The maximum atomic E-state index is 10.8. The zero-order chi connectivity index (χ0) is 9.26. The van der Waals surface area contributed by atoms with E-state index in [2.05, 4.69) is 4.98 Å². The number of nitrogens with one attached hydrogen (secondary N) is 1. The van der Waals surface area contributed by atoms with Gasteiger partial charge in [-0.2, -0.15) is 0 Å². The molecule has 1 aliphatic carbocycles. The first kappa shape index (κ1) is 8.51. The first-order chi connectivity index (χ1) is 6.25. The first-order valence-electron chi connectivity index (χ1n) is 4.70. The normalized spacial score (nSPS) is 18.5. The van der Waals surface area contributed by atoms with E-state index in [1.807, 2.05) is 6.07 Å². The summed E-state index contributed by atoms with van der Waals surface area (Å²) in [6, 6.07) is 3.43. The minimum absolute atomic E-state index is 0.0672. The number of pyridine rings is 1. The van der Waals surface area contributed by atoms with Crippen LogP contribution in [0.3, 0.4) is 0 Å². The van der Waals surface area contributed by atoms with E-state index in [0.717, 1.165) is 17.9 Å². The smallest absolute Gasteiger partial charge is 0.247 e. The molecule has 1 aromatic heterocycles. The summed E-state index contributed by atoms with van der Waals surface area (Å²) in [5, 5.41) is 0. The number of H-pyrrole nitrogens is 1. The van der Waals surface area contributed by atoms with Crippen LogP contribution in [0.5, 0.6) is 0 Å². The van der Waals surface area contributed by atoms with E-state index in [1.165, 1.54) is 18.9 Å². The van der Waals surface area contributed by atoms with E-state index in [9.17, 15) is 4.79 Å². The lowest BCUT2D eigenvalue weighted by atomic mass is 10.0. The van der Waals surface area contributed by atoms with Crippen LogP contribution in [0.1, 0.15) is 30.9 Å². The standard InChI is InChI=1S/C10H14N2O/c11-9(5-7-1-2-7)8-3-4-10(13)12-6-8/h3-4,6-7,9H,1-2,5,11H2,(H,12,13)/t9-/m0/s1. The minimum Gasteiger partial charge on any atom is -0.329 e. The molecule has 0 radical (unpaired) electrons. The average molecular weight is 178 g/mol. The molecule has 1 aliphatic rings. The van der Waals surface area contributed by atoms with Gasteiger partial charge in [-0.15, -0.1) is 0 Å². The molecule has 1 atom stereocenters. The Kier molecular flexibility index (Phi) is 2.19. The third-order valence-electron chi connectivity index (χ3n) is 2.52. The van der Waals surface area contributed by atoms with Crippen molar-refractivity contribution in [2.75, 3.05) is 0 Å². The van der Waals surface area contributed by atoms with Crippen LogP contribution in [0.15, 0.2) is 23.1 Å². The molecule has 3 heteroatoms. The Morgan fingerprint density at radius 1 is 1.54 bits per heavy atom. The van der Waals surface area contributed by atoms with Gasteiger partial charge in [0.1, 0.15) is 0 Å². The summed E-state index contributed by atoms with van der Waals surface area (Å²) in [6.45, 7) is 0. The van der Waals surface area contributed by atoms with Crippen LogP contribution in [0.25, 0.3) is 0 Å². The molecule has 0 aliphatic heterocycles. The van der Waals surface area contributed by atoms with Gasteiger partial charge in [0.2, 0.25) is 5.56 Å². The monoisotopic (exact) mass is 178 g/mol. The van der Waals surface area contributed by atoms with Gasteiger partial charge >= 0.3 is 0 Å². The van der Waals surface area contributed by atoms with E-state index >= 15 is 0 Å². The Hall–Kier alpha value is -1.09. The molecule has 13 heavy (non-hydrogen) atoms. The molecule has 0 bridgehead atoms. The van der Waals surface area contributed by atoms with E-state index < -0.39 is 0 Å². The predicted octanol–water partition coefficient (Wildman–Crippen LogP) is 1.17. The van der Waals surface area contributed by atoms with Crippen molar-refractivity contribution in [1.29, 1.82) is 0 Å². The maximum Gasteiger partial charge on any atom is 0.247 e. The van der Waals surface area contributed by atoms with Crippen LogP contribution >= 0.6 is 0 Å². The second-order valence-corrected chi connectivity index (χ2v) is 3.77. The van der Waals surface area contributed by atoms with Crippen LogP contribution in [0, 0.1) is 5.92 Å². The van der Waals surface area contributed by atoms with Crippen LogP contribution < -0.4 is 11.3 Å². The van der Waals surface area contributed by atoms with Crippen LogP contribution in [0.2, 0.25) is 0 Å². The molecule has 1 saturated carbocycles. The van der Waals surface area contributed by atoms with Crippen molar-refractivity contribution in [2.45, 2.75) is 25.3 Å². The van der Waals surface area contributed by atoms with Gasteiger partial charge < -0.3 is 10.7 Å². The molecule has 0 aromatic carbocycles. The van der Waals surface area contributed by atoms with Crippen molar-refractivity contribution in [2.24, 2.45) is 11.7 Å². The maximum absolute atomic E-state index is 10.8. The van der Waals surface area contributed by atoms with Crippen molar-refractivity contribution >= 4 is 0 Å². The molecule has 0 unspecified atom stereocenters. The highest BCUT2D eigenvalue weighted by atomic mass is 16.1. The SMILES string of the molecule is N[C@@H](CC1CC1)c1ccc(=O)[nH]c1. The molecule has 1 aromatic rings. The van der Waals surface area contributed by atoms with E-state index in [1.54, 1.807) is 6.20 Å². The summed E-state index contributed by atoms with van der Waals surface area (Å²) < 4.78 is 0. The van der Waals surface area contributed by atoms with Gasteiger partial charge in [-0.05, 0) is 17.9 Å². The molecule has 70 valence electrons. The quantitative estimate of drug-likeness (QED) is 0.730. The van der Waals surface area contributed by atoms with Crippen molar-refractivity contribution in [3.63, 3.8) is 0 Å². The fraction of sp³-hybridized carbons (Fsp3) is 0.500. The summed E-state index contributed by atoms with van der Waals surface area (Å²) in [5.74, 6) is 0.821. The summed E-state index contributed by atoms with van der Waals surface area (Å²) in [5.41, 5.74) is 6.93. The Balaban J connectivity index is 2.05. The number of aromatic nitrogens is 1. The Morgan fingerprint density at radius 2 is 2.31 bits per heavy atom. The largest absolute Gasteiger partial charge is 0.329 e. The lowest BCUT2D eigenvalue weighted by Gasteiger charge is -2.09. The lowest BCUT2D eigenvalue weighted by Crippen LogP contribution is -2.13. The summed E-state index contributed by atoms with van der Waals surface area (Å²) in [6.07, 6.45) is 5.40. The van der Waals surface area contributed by atoms with Crippen LogP contribution in [0.4, 0.5) is 0 Å². The molecule has 0 spiro atoms. The fourth-order valence-electron chi connectivity index (χ4n) is 1.50. The molecule has 1 heterocycles. The Bertz CT molecular complexity index is 321. The van der Waals surface area contributed by atoms with Gasteiger partial charge in [0.05, 0.1) is 0 Å². The summed E-state index contributed by atoms with van der Waals surface area (Å²) in [7, 11) is 0. The Morgan fingerprint density at radius 3 is 2.85 bits per heavy atom. The van der Waals surface area contributed by atoms with Gasteiger partial charge in [-0.3, -0.25) is 4.79 Å². The van der Waals surface area contributed by atoms with E-state index in [-0.39, 0.29) is 11.6 Å². The highest BCUT2D eigenvalue weighted by Gasteiger charge is 2.24. The summed E-state index contributed by atoms with van der Waals surface area (Å²) >= 11 is 0. The van der Waals surface area contributed by atoms with Crippen LogP contribution in [-0.4, -0.2) is 4.98 Å². The van der Waals surface area contributed by atoms with Crippen molar-refractivity contribution < 1.29 is 0 Å². The van der Waals surface area contributed by atoms with Gasteiger partial charge in [0.15, 0.2) is 0 Å². The van der Waals surface area contributed by atoms with E-state index in [4.69, 9.17) is 5.73 Å².